The number of hydrogen-bond acceptors (Lipinski definition) is 4. The molecule has 0 saturated carbocycles. The highest BCUT2D eigenvalue weighted by atomic mass is 32.1. The van der Waals surface area contributed by atoms with Crippen LogP contribution >= 0.6 is 12.2 Å². The lowest BCUT2D eigenvalue weighted by molar-refractivity contribution is 0.0367. The first-order valence-electron chi connectivity index (χ1n) is 9.06. The van der Waals surface area contributed by atoms with E-state index in [-0.39, 0.29) is 0 Å². The fourth-order valence-electron chi connectivity index (χ4n) is 2.85. The Hall–Kier alpha value is -1.21. The highest BCUT2D eigenvalue weighted by Crippen LogP contribution is 2.09. The number of benzene rings is 1. The molecule has 0 radical (unpaired) electrons. The third-order valence-electron chi connectivity index (χ3n) is 4.37. The van der Waals surface area contributed by atoms with Gasteiger partial charge in [-0.25, -0.2) is 0 Å². The molecule has 1 aromatic carbocycles. The van der Waals surface area contributed by atoms with Gasteiger partial charge in [0.05, 0.1) is 19.8 Å². The molecule has 0 amide bonds. The molecule has 1 N–H and O–H groups in total. The standard InChI is InChI=1S/C19H31N3O2S/c1-17-4-6-18(7-5-17)16-22(19(25)20-8-13-23-2)10-3-9-21-11-14-24-15-12-21/h4-7H,3,8-16H2,1-2H3,(H,20,25). The van der Waals surface area contributed by atoms with E-state index in [1.54, 1.807) is 7.11 Å². The van der Waals surface area contributed by atoms with Gasteiger partial charge in [0.1, 0.15) is 0 Å². The molecule has 1 fully saturated rings. The minimum atomic E-state index is 0.659. The first kappa shape index (κ1) is 20.1. The largest absolute Gasteiger partial charge is 0.383 e. The first-order chi connectivity index (χ1) is 12.2. The van der Waals surface area contributed by atoms with Gasteiger partial charge in [-0.2, -0.15) is 0 Å². The Bertz CT molecular complexity index is 504. The highest BCUT2D eigenvalue weighted by Gasteiger charge is 2.13. The molecule has 25 heavy (non-hydrogen) atoms. The number of morpholine rings is 1. The smallest absolute Gasteiger partial charge is 0.169 e. The maximum absolute atomic E-state index is 5.61. The number of rotatable bonds is 9. The van der Waals surface area contributed by atoms with Crippen molar-refractivity contribution in [2.75, 3.05) is 59.7 Å². The van der Waals surface area contributed by atoms with Crippen molar-refractivity contribution in [3.8, 4) is 0 Å². The Balaban J connectivity index is 1.85. The summed E-state index contributed by atoms with van der Waals surface area (Å²) in [6, 6.07) is 8.68. The van der Waals surface area contributed by atoms with Crippen molar-refractivity contribution in [2.24, 2.45) is 0 Å². The number of aryl methyl sites for hydroxylation is 1. The van der Waals surface area contributed by atoms with Crippen LogP contribution in [0.2, 0.25) is 0 Å². The molecular formula is C19H31N3O2S. The number of methoxy groups -OCH3 is 1. The Morgan fingerprint density at radius 2 is 2.00 bits per heavy atom. The molecule has 0 bridgehead atoms. The zero-order valence-electron chi connectivity index (χ0n) is 15.5. The van der Waals surface area contributed by atoms with E-state index in [0.717, 1.165) is 64.0 Å². The minimum Gasteiger partial charge on any atom is -0.383 e. The van der Waals surface area contributed by atoms with Crippen LogP contribution in [0.3, 0.4) is 0 Å². The van der Waals surface area contributed by atoms with Crippen LogP contribution in [0.15, 0.2) is 24.3 Å². The first-order valence-corrected chi connectivity index (χ1v) is 9.47. The number of nitrogens with one attached hydrogen (secondary N) is 1. The molecular weight excluding hydrogens is 334 g/mol. The molecule has 1 aliphatic rings. The van der Waals surface area contributed by atoms with Crippen molar-refractivity contribution in [2.45, 2.75) is 19.9 Å². The van der Waals surface area contributed by atoms with E-state index in [9.17, 15) is 0 Å². The third kappa shape index (κ3) is 7.69. The molecule has 1 aromatic rings. The number of thiocarbonyl (C=S) groups is 1. The maximum atomic E-state index is 5.61. The predicted octanol–water partition coefficient (Wildman–Crippen LogP) is 2.04. The van der Waals surface area contributed by atoms with E-state index >= 15 is 0 Å². The van der Waals surface area contributed by atoms with Crippen LogP contribution < -0.4 is 5.32 Å². The summed E-state index contributed by atoms with van der Waals surface area (Å²) in [5.41, 5.74) is 2.57. The van der Waals surface area contributed by atoms with Crippen LogP contribution in [0.1, 0.15) is 17.5 Å². The van der Waals surface area contributed by atoms with Crippen molar-refractivity contribution in [3.63, 3.8) is 0 Å². The fourth-order valence-corrected chi connectivity index (χ4v) is 3.11. The molecule has 1 saturated heterocycles. The molecule has 0 atom stereocenters. The van der Waals surface area contributed by atoms with Crippen LogP contribution in [-0.4, -0.2) is 74.6 Å². The lowest BCUT2D eigenvalue weighted by Gasteiger charge is -2.29. The van der Waals surface area contributed by atoms with Gasteiger partial charge in [-0.05, 0) is 31.1 Å². The molecule has 140 valence electrons. The van der Waals surface area contributed by atoms with Crippen molar-refractivity contribution >= 4 is 17.3 Å². The lowest BCUT2D eigenvalue weighted by Crippen LogP contribution is -2.42. The van der Waals surface area contributed by atoms with Crippen LogP contribution in [0.25, 0.3) is 0 Å². The van der Waals surface area contributed by atoms with Gasteiger partial charge in [0, 0.05) is 46.4 Å². The van der Waals surface area contributed by atoms with Crippen LogP contribution in [-0.2, 0) is 16.0 Å². The van der Waals surface area contributed by atoms with Crippen LogP contribution in [0.4, 0.5) is 0 Å². The number of ether oxygens (including phenoxy) is 2. The van der Waals surface area contributed by atoms with Crippen molar-refractivity contribution in [1.82, 2.24) is 15.1 Å². The lowest BCUT2D eigenvalue weighted by atomic mass is 10.1. The second-order valence-electron chi connectivity index (χ2n) is 6.44. The summed E-state index contributed by atoms with van der Waals surface area (Å²) in [6.07, 6.45) is 1.10. The van der Waals surface area contributed by atoms with Gasteiger partial charge in [-0.15, -0.1) is 0 Å². The number of hydrogen-bond donors (Lipinski definition) is 1. The van der Waals surface area contributed by atoms with E-state index in [2.05, 4.69) is 46.3 Å². The van der Waals surface area contributed by atoms with Crippen molar-refractivity contribution < 1.29 is 9.47 Å². The average molecular weight is 366 g/mol. The topological polar surface area (TPSA) is 37.0 Å². The van der Waals surface area contributed by atoms with E-state index in [1.807, 2.05) is 0 Å². The highest BCUT2D eigenvalue weighted by molar-refractivity contribution is 7.80. The normalized spacial score (nSPS) is 15.1. The number of nitrogens with zero attached hydrogens (tertiary/aromatic N) is 2. The minimum absolute atomic E-state index is 0.659. The third-order valence-corrected chi connectivity index (χ3v) is 4.77. The van der Waals surface area contributed by atoms with Gasteiger partial charge in [-0.1, -0.05) is 29.8 Å². The zero-order chi connectivity index (χ0) is 17.9. The fraction of sp³-hybridized carbons (Fsp3) is 0.632. The maximum Gasteiger partial charge on any atom is 0.169 e. The van der Waals surface area contributed by atoms with Gasteiger partial charge in [-0.3, -0.25) is 4.90 Å². The van der Waals surface area contributed by atoms with Crippen molar-refractivity contribution in [1.29, 1.82) is 0 Å². The molecule has 6 heteroatoms. The van der Waals surface area contributed by atoms with Gasteiger partial charge < -0.3 is 19.7 Å². The quantitative estimate of drug-likeness (QED) is 0.533. The summed E-state index contributed by atoms with van der Waals surface area (Å²) in [5, 5.41) is 4.11. The second kappa shape index (κ2) is 11.4. The van der Waals surface area contributed by atoms with Gasteiger partial charge in [0.15, 0.2) is 5.11 Å². The van der Waals surface area contributed by atoms with Crippen LogP contribution in [0, 0.1) is 6.92 Å². The second-order valence-corrected chi connectivity index (χ2v) is 6.83. The predicted molar refractivity (Wildman–Crippen MR) is 106 cm³/mol. The summed E-state index contributed by atoms with van der Waals surface area (Å²) in [7, 11) is 1.71. The summed E-state index contributed by atoms with van der Waals surface area (Å²) in [6.45, 7) is 10.2. The molecule has 0 unspecified atom stereocenters. The molecule has 1 aliphatic heterocycles. The average Bonchev–Trinajstić information content (AvgIpc) is 2.63. The molecule has 0 aromatic heterocycles. The van der Waals surface area contributed by atoms with Crippen LogP contribution in [0.5, 0.6) is 0 Å². The Labute approximate surface area is 157 Å². The van der Waals surface area contributed by atoms with E-state index in [0.29, 0.717) is 6.61 Å². The summed E-state index contributed by atoms with van der Waals surface area (Å²) in [5.74, 6) is 0. The summed E-state index contributed by atoms with van der Waals surface area (Å²) < 4.78 is 10.5. The van der Waals surface area contributed by atoms with Gasteiger partial charge >= 0.3 is 0 Å². The molecule has 0 aliphatic carbocycles. The Morgan fingerprint density at radius 3 is 2.68 bits per heavy atom. The monoisotopic (exact) mass is 365 g/mol. The summed E-state index contributed by atoms with van der Waals surface area (Å²) >= 11 is 5.61. The Kier molecular flexibility index (Phi) is 9.18. The van der Waals surface area contributed by atoms with Gasteiger partial charge in [0.25, 0.3) is 0 Å². The molecule has 1 heterocycles. The van der Waals surface area contributed by atoms with E-state index in [4.69, 9.17) is 21.7 Å². The molecule has 5 nitrogen and oxygen atoms in total. The van der Waals surface area contributed by atoms with E-state index in [1.165, 1.54) is 11.1 Å². The van der Waals surface area contributed by atoms with Crippen molar-refractivity contribution in [3.05, 3.63) is 35.4 Å². The SMILES string of the molecule is COCCNC(=S)N(CCCN1CCOCC1)Cc1ccc(C)cc1. The molecule has 0 spiro atoms. The zero-order valence-corrected chi connectivity index (χ0v) is 16.3. The molecule has 2 rings (SSSR count). The van der Waals surface area contributed by atoms with E-state index < -0.39 is 0 Å². The summed E-state index contributed by atoms with van der Waals surface area (Å²) in [4.78, 5) is 4.73. The Morgan fingerprint density at radius 1 is 1.28 bits per heavy atom. The van der Waals surface area contributed by atoms with Gasteiger partial charge in [0.2, 0.25) is 0 Å².